The van der Waals surface area contributed by atoms with Gasteiger partial charge in [-0.3, -0.25) is 14.4 Å². The number of Topliss-reactive ketones (excluding diaryl/α,β-unsaturated/α-hetero) is 2. The fourth-order valence-electron chi connectivity index (χ4n) is 2.35. The van der Waals surface area contributed by atoms with E-state index < -0.39 is 17.3 Å². The summed E-state index contributed by atoms with van der Waals surface area (Å²) >= 11 is 0. The van der Waals surface area contributed by atoms with E-state index >= 15 is 0 Å². The Hall–Kier alpha value is -1.19. The quantitative estimate of drug-likeness (QED) is 0.736. The maximum absolute atomic E-state index is 11.9. The summed E-state index contributed by atoms with van der Waals surface area (Å²) in [5.74, 6) is -1.59. The van der Waals surface area contributed by atoms with Crippen molar-refractivity contribution in [1.82, 2.24) is 0 Å². The SMILES string of the molecule is C[C@@]1(C(=O)O)CCC(=O)[C@@H](C(=O)C2CC2)C1. The molecule has 0 aromatic carbocycles. The molecule has 2 saturated carbocycles. The zero-order chi connectivity index (χ0) is 11.9. The number of carboxylic acid groups (broad SMARTS) is 1. The van der Waals surface area contributed by atoms with Gasteiger partial charge < -0.3 is 5.11 Å². The average Bonchev–Trinajstić information content (AvgIpc) is 3.04. The molecule has 0 heterocycles. The summed E-state index contributed by atoms with van der Waals surface area (Å²) in [6.07, 6.45) is 2.51. The molecule has 0 spiro atoms. The van der Waals surface area contributed by atoms with Crippen LogP contribution < -0.4 is 0 Å². The first-order valence-electron chi connectivity index (χ1n) is 5.74. The summed E-state index contributed by atoms with van der Waals surface area (Å²) in [7, 11) is 0. The smallest absolute Gasteiger partial charge is 0.309 e. The summed E-state index contributed by atoms with van der Waals surface area (Å²) in [5, 5.41) is 9.11. The van der Waals surface area contributed by atoms with Crippen molar-refractivity contribution in [3.63, 3.8) is 0 Å². The van der Waals surface area contributed by atoms with Crippen LogP contribution in [0.1, 0.15) is 39.0 Å². The first-order valence-corrected chi connectivity index (χ1v) is 5.74. The van der Waals surface area contributed by atoms with Gasteiger partial charge in [0, 0.05) is 12.3 Å². The van der Waals surface area contributed by atoms with E-state index in [1.807, 2.05) is 0 Å². The van der Waals surface area contributed by atoms with Gasteiger partial charge in [-0.15, -0.1) is 0 Å². The molecule has 0 saturated heterocycles. The van der Waals surface area contributed by atoms with Crippen molar-refractivity contribution in [1.29, 1.82) is 0 Å². The number of carbonyl (C=O) groups is 3. The predicted molar refractivity (Wildman–Crippen MR) is 55.8 cm³/mol. The van der Waals surface area contributed by atoms with Crippen LogP contribution in [0.3, 0.4) is 0 Å². The molecule has 2 atom stereocenters. The zero-order valence-corrected chi connectivity index (χ0v) is 9.36. The lowest BCUT2D eigenvalue weighted by Gasteiger charge is -2.33. The van der Waals surface area contributed by atoms with Crippen LogP contribution in [0.2, 0.25) is 0 Å². The molecule has 2 fully saturated rings. The lowest BCUT2D eigenvalue weighted by atomic mass is 9.68. The third kappa shape index (κ3) is 1.88. The molecule has 16 heavy (non-hydrogen) atoms. The molecule has 0 aromatic heterocycles. The highest BCUT2D eigenvalue weighted by Crippen LogP contribution is 2.42. The Morgan fingerprint density at radius 2 is 2.00 bits per heavy atom. The van der Waals surface area contributed by atoms with E-state index in [0.29, 0.717) is 6.42 Å². The topological polar surface area (TPSA) is 71.4 Å². The van der Waals surface area contributed by atoms with E-state index in [0.717, 1.165) is 12.8 Å². The summed E-state index contributed by atoms with van der Waals surface area (Å²) in [4.78, 5) is 34.6. The van der Waals surface area contributed by atoms with Gasteiger partial charge in [0.25, 0.3) is 0 Å². The molecule has 2 aliphatic rings. The fourth-order valence-corrected chi connectivity index (χ4v) is 2.35. The molecule has 0 radical (unpaired) electrons. The molecule has 4 heteroatoms. The maximum Gasteiger partial charge on any atom is 0.309 e. The van der Waals surface area contributed by atoms with Crippen molar-refractivity contribution in [3.8, 4) is 0 Å². The summed E-state index contributed by atoms with van der Waals surface area (Å²) in [6.45, 7) is 1.63. The lowest BCUT2D eigenvalue weighted by Crippen LogP contribution is -2.41. The van der Waals surface area contributed by atoms with Crippen molar-refractivity contribution >= 4 is 17.5 Å². The monoisotopic (exact) mass is 224 g/mol. The van der Waals surface area contributed by atoms with Gasteiger partial charge >= 0.3 is 5.97 Å². The van der Waals surface area contributed by atoms with Crippen LogP contribution >= 0.6 is 0 Å². The number of hydrogen-bond acceptors (Lipinski definition) is 3. The maximum atomic E-state index is 11.9. The van der Waals surface area contributed by atoms with Crippen LogP contribution in [0.15, 0.2) is 0 Å². The van der Waals surface area contributed by atoms with Gasteiger partial charge in [0.15, 0.2) is 0 Å². The Bertz CT molecular complexity index is 356. The number of hydrogen-bond donors (Lipinski definition) is 1. The van der Waals surface area contributed by atoms with Gasteiger partial charge in [-0.1, -0.05) is 0 Å². The van der Waals surface area contributed by atoms with Crippen LogP contribution in [-0.2, 0) is 14.4 Å². The van der Waals surface area contributed by atoms with E-state index in [1.165, 1.54) is 0 Å². The number of carboxylic acids is 1. The van der Waals surface area contributed by atoms with Crippen LogP contribution in [-0.4, -0.2) is 22.6 Å². The Morgan fingerprint density at radius 1 is 1.38 bits per heavy atom. The molecule has 1 N–H and O–H groups in total. The molecule has 4 nitrogen and oxygen atoms in total. The highest BCUT2D eigenvalue weighted by atomic mass is 16.4. The van der Waals surface area contributed by atoms with Gasteiger partial charge in [0.05, 0.1) is 11.3 Å². The van der Waals surface area contributed by atoms with Crippen LogP contribution in [0.4, 0.5) is 0 Å². The van der Waals surface area contributed by atoms with Crippen LogP contribution in [0.5, 0.6) is 0 Å². The highest BCUT2D eigenvalue weighted by Gasteiger charge is 2.47. The third-order valence-corrected chi connectivity index (χ3v) is 3.81. The Morgan fingerprint density at radius 3 is 2.50 bits per heavy atom. The minimum Gasteiger partial charge on any atom is -0.481 e. The van der Waals surface area contributed by atoms with Gasteiger partial charge in [-0.2, -0.15) is 0 Å². The number of aliphatic carboxylic acids is 1. The van der Waals surface area contributed by atoms with E-state index in [-0.39, 0.29) is 30.3 Å². The van der Waals surface area contributed by atoms with Crippen molar-refractivity contribution in [2.45, 2.75) is 39.0 Å². The molecular formula is C12H16O4. The number of carbonyl (C=O) groups excluding carboxylic acids is 2. The minimum atomic E-state index is -0.900. The molecule has 2 aliphatic carbocycles. The van der Waals surface area contributed by atoms with E-state index in [1.54, 1.807) is 6.92 Å². The average molecular weight is 224 g/mol. The van der Waals surface area contributed by atoms with E-state index in [2.05, 4.69) is 0 Å². The largest absolute Gasteiger partial charge is 0.481 e. The summed E-state index contributed by atoms with van der Waals surface area (Å²) in [5.41, 5.74) is -0.900. The van der Waals surface area contributed by atoms with Crippen LogP contribution in [0, 0.1) is 17.3 Å². The van der Waals surface area contributed by atoms with Crippen molar-refractivity contribution in [2.75, 3.05) is 0 Å². The number of rotatable bonds is 3. The zero-order valence-electron chi connectivity index (χ0n) is 9.36. The van der Waals surface area contributed by atoms with Gasteiger partial charge in [0.1, 0.15) is 11.6 Å². The molecule has 2 rings (SSSR count). The van der Waals surface area contributed by atoms with E-state index in [9.17, 15) is 14.4 Å². The number of ketones is 2. The Labute approximate surface area is 94.0 Å². The Kier molecular flexibility index (Phi) is 2.60. The first-order chi connectivity index (χ1) is 7.44. The first kappa shape index (κ1) is 11.3. The summed E-state index contributed by atoms with van der Waals surface area (Å²) < 4.78 is 0. The molecule has 0 bridgehead atoms. The van der Waals surface area contributed by atoms with Crippen LogP contribution in [0.25, 0.3) is 0 Å². The third-order valence-electron chi connectivity index (χ3n) is 3.81. The molecule has 0 aliphatic heterocycles. The Balaban J connectivity index is 2.14. The second kappa shape index (κ2) is 3.68. The normalized spacial score (nSPS) is 34.8. The molecular weight excluding hydrogens is 208 g/mol. The second-order valence-electron chi connectivity index (χ2n) is 5.27. The standard InChI is InChI=1S/C12H16O4/c1-12(11(15)16)5-4-9(13)8(6-12)10(14)7-2-3-7/h7-8H,2-6H2,1H3,(H,15,16)/t8-,12+/m0/s1. The van der Waals surface area contributed by atoms with Gasteiger partial charge in [0.2, 0.25) is 0 Å². The highest BCUT2D eigenvalue weighted by molar-refractivity contribution is 6.05. The minimum absolute atomic E-state index is 0.0165. The van der Waals surface area contributed by atoms with Gasteiger partial charge in [-0.05, 0) is 32.6 Å². The summed E-state index contributed by atoms with van der Waals surface area (Å²) in [6, 6.07) is 0. The molecule has 0 amide bonds. The lowest BCUT2D eigenvalue weighted by molar-refractivity contribution is -0.153. The second-order valence-corrected chi connectivity index (χ2v) is 5.27. The molecule has 0 unspecified atom stereocenters. The van der Waals surface area contributed by atoms with E-state index in [4.69, 9.17) is 5.11 Å². The predicted octanol–water partition coefficient (Wildman–Crippen LogP) is 1.43. The van der Waals surface area contributed by atoms with Gasteiger partial charge in [-0.25, -0.2) is 0 Å². The fraction of sp³-hybridized carbons (Fsp3) is 0.750. The van der Waals surface area contributed by atoms with Crippen molar-refractivity contribution in [2.24, 2.45) is 17.3 Å². The molecule has 88 valence electrons. The van der Waals surface area contributed by atoms with Crippen molar-refractivity contribution in [3.05, 3.63) is 0 Å². The molecule has 0 aromatic rings. The van der Waals surface area contributed by atoms with Crippen molar-refractivity contribution < 1.29 is 19.5 Å².